The van der Waals surface area contributed by atoms with Gasteiger partial charge in [0.15, 0.2) is 17.5 Å². The Bertz CT molecular complexity index is 1190. The number of halogens is 3. The van der Waals surface area contributed by atoms with Crippen LogP contribution >= 0.6 is 34.8 Å². The van der Waals surface area contributed by atoms with Gasteiger partial charge in [-0.25, -0.2) is 9.78 Å². The highest BCUT2D eigenvalue weighted by Crippen LogP contribution is 2.34. The van der Waals surface area contributed by atoms with E-state index >= 15 is 0 Å². The minimum atomic E-state index is -1.02. The number of nitrogens with zero attached hydrogens (tertiary/aromatic N) is 1. The van der Waals surface area contributed by atoms with Crippen LogP contribution in [0.2, 0.25) is 15.2 Å². The number of hydrogen-bond donors (Lipinski definition) is 3. The molecule has 8 nitrogen and oxygen atoms in total. The number of carbonyl (C=O) groups excluding carboxylic acids is 3. The maximum atomic E-state index is 12.6. The number of para-hydroxylation sites is 2. The quantitative estimate of drug-likeness (QED) is 0.339. The molecule has 0 aliphatic carbocycles. The van der Waals surface area contributed by atoms with E-state index in [1.54, 1.807) is 42.5 Å². The molecule has 3 aromatic rings. The van der Waals surface area contributed by atoms with Crippen molar-refractivity contribution in [3.8, 4) is 0 Å². The highest BCUT2D eigenvalue weighted by molar-refractivity contribution is 6.46. The molecule has 32 heavy (non-hydrogen) atoms. The number of pyridine rings is 1. The summed E-state index contributed by atoms with van der Waals surface area (Å²) >= 11 is 17.6. The van der Waals surface area contributed by atoms with Gasteiger partial charge in [-0.3, -0.25) is 9.59 Å². The molecule has 2 aromatic carbocycles. The van der Waals surface area contributed by atoms with Crippen LogP contribution in [0.5, 0.6) is 0 Å². The van der Waals surface area contributed by atoms with Crippen LogP contribution in [0.4, 0.5) is 17.1 Å². The van der Waals surface area contributed by atoms with Crippen LogP contribution in [-0.4, -0.2) is 29.4 Å². The molecule has 0 saturated heterocycles. The normalized spacial score (nSPS) is 10.3. The van der Waals surface area contributed by atoms with Gasteiger partial charge in [0.25, 0.3) is 11.8 Å². The van der Waals surface area contributed by atoms with Gasteiger partial charge in [-0.2, -0.15) is 0 Å². The van der Waals surface area contributed by atoms with Gasteiger partial charge in [0.1, 0.15) is 5.02 Å². The molecule has 0 radical (unpaired) electrons. The third-order valence-corrected chi connectivity index (χ3v) is 5.21. The summed E-state index contributed by atoms with van der Waals surface area (Å²) in [6.45, 7) is -0.675. The molecule has 1 heterocycles. The largest absolute Gasteiger partial charge is 0.451 e. The Balaban J connectivity index is 1.66. The Labute approximate surface area is 197 Å². The second-order valence-electron chi connectivity index (χ2n) is 6.28. The van der Waals surface area contributed by atoms with Crippen molar-refractivity contribution in [2.75, 3.05) is 23.0 Å². The Hall–Kier alpha value is -3.33. The third-order valence-electron chi connectivity index (χ3n) is 4.08. The molecule has 0 bridgehead atoms. The van der Waals surface area contributed by atoms with E-state index in [0.29, 0.717) is 5.69 Å². The predicted molar refractivity (Wildman–Crippen MR) is 123 cm³/mol. The summed E-state index contributed by atoms with van der Waals surface area (Å²) < 4.78 is 4.93. The lowest BCUT2D eigenvalue weighted by molar-refractivity contribution is -0.119. The topological polar surface area (TPSA) is 123 Å². The van der Waals surface area contributed by atoms with Crippen LogP contribution in [0.25, 0.3) is 0 Å². The first-order valence-corrected chi connectivity index (χ1v) is 10.1. The number of nitrogen functional groups attached to an aromatic ring is 1. The van der Waals surface area contributed by atoms with Gasteiger partial charge in [-0.15, -0.1) is 0 Å². The number of carbonyl (C=O) groups is 3. The first-order valence-electron chi connectivity index (χ1n) is 9.00. The number of amides is 2. The average molecular weight is 494 g/mol. The first kappa shape index (κ1) is 23.3. The fraction of sp³-hybridized carbons (Fsp3) is 0.0476. The van der Waals surface area contributed by atoms with Crippen molar-refractivity contribution in [3.05, 3.63) is 81.1 Å². The van der Waals surface area contributed by atoms with Crippen molar-refractivity contribution >= 4 is 69.6 Å². The summed E-state index contributed by atoms with van der Waals surface area (Å²) in [4.78, 5) is 40.9. The Morgan fingerprint density at radius 3 is 2.28 bits per heavy atom. The number of nitrogens with two attached hydrogens (primary N) is 1. The molecule has 1 aromatic heterocycles. The molecular weight excluding hydrogens is 479 g/mol. The number of hydrogen-bond acceptors (Lipinski definition) is 6. The number of anilines is 3. The Morgan fingerprint density at radius 1 is 0.906 bits per heavy atom. The van der Waals surface area contributed by atoms with Crippen molar-refractivity contribution in [1.29, 1.82) is 0 Å². The van der Waals surface area contributed by atoms with Crippen molar-refractivity contribution in [1.82, 2.24) is 4.98 Å². The van der Waals surface area contributed by atoms with Crippen LogP contribution in [-0.2, 0) is 9.53 Å². The summed E-state index contributed by atoms with van der Waals surface area (Å²) in [5.74, 6) is -2.14. The standard InChI is InChI=1S/C21H15Cl3N4O4/c22-15-17(25)16(23)19(24)28-18(15)21(31)32-10-14(29)27-13-9-5-4-8-12(13)20(30)26-11-6-2-1-3-7-11/h1-9H,10H2,(H2,25,28)(H,26,30)(H,27,29). The Morgan fingerprint density at radius 2 is 1.56 bits per heavy atom. The van der Waals surface area contributed by atoms with Crippen molar-refractivity contribution in [3.63, 3.8) is 0 Å². The van der Waals surface area contributed by atoms with E-state index in [2.05, 4.69) is 15.6 Å². The van der Waals surface area contributed by atoms with E-state index in [0.717, 1.165) is 0 Å². The van der Waals surface area contributed by atoms with Crippen molar-refractivity contribution in [2.45, 2.75) is 0 Å². The van der Waals surface area contributed by atoms with Crippen LogP contribution in [0, 0.1) is 0 Å². The van der Waals surface area contributed by atoms with E-state index in [1.165, 1.54) is 6.07 Å². The molecule has 2 amide bonds. The van der Waals surface area contributed by atoms with E-state index < -0.39 is 24.4 Å². The van der Waals surface area contributed by atoms with Gasteiger partial charge in [-0.05, 0) is 24.3 Å². The number of rotatable bonds is 6. The van der Waals surface area contributed by atoms with Crippen LogP contribution in [0.1, 0.15) is 20.8 Å². The predicted octanol–water partition coefficient (Wildman–Crippen LogP) is 4.67. The van der Waals surface area contributed by atoms with E-state index in [9.17, 15) is 14.4 Å². The summed E-state index contributed by atoms with van der Waals surface area (Å²) in [5.41, 5.74) is 6.20. The first-order chi connectivity index (χ1) is 15.3. The van der Waals surface area contributed by atoms with Gasteiger partial charge in [-0.1, -0.05) is 65.1 Å². The molecule has 11 heteroatoms. The number of benzene rings is 2. The zero-order valence-corrected chi connectivity index (χ0v) is 18.5. The van der Waals surface area contributed by atoms with Gasteiger partial charge in [0, 0.05) is 5.69 Å². The van der Waals surface area contributed by atoms with E-state index in [4.69, 9.17) is 45.3 Å². The fourth-order valence-electron chi connectivity index (χ4n) is 2.56. The third kappa shape index (κ3) is 5.47. The molecule has 3 rings (SSSR count). The Kier molecular flexibility index (Phi) is 7.53. The highest BCUT2D eigenvalue weighted by atomic mass is 35.5. The SMILES string of the molecule is Nc1c(Cl)c(Cl)nc(C(=O)OCC(=O)Nc2ccccc2C(=O)Nc2ccccc2)c1Cl. The lowest BCUT2D eigenvalue weighted by Crippen LogP contribution is -2.23. The lowest BCUT2D eigenvalue weighted by Gasteiger charge is -2.12. The molecule has 164 valence electrons. The molecule has 0 atom stereocenters. The number of ether oxygens (including phenoxy) is 1. The molecule has 0 unspecified atom stereocenters. The minimum absolute atomic E-state index is 0.101. The van der Waals surface area contributed by atoms with E-state index in [-0.39, 0.29) is 37.8 Å². The summed E-state index contributed by atoms with van der Waals surface area (Å²) in [7, 11) is 0. The average Bonchev–Trinajstić information content (AvgIpc) is 2.79. The maximum absolute atomic E-state index is 12.6. The molecular formula is C21H15Cl3N4O4. The maximum Gasteiger partial charge on any atom is 0.359 e. The summed E-state index contributed by atoms with van der Waals surface area (Å²) in [5, 5.41) is 4.68. The fourth-order valence-corrected chi connectivity index (χ4v) is 3.15. The van der Waals surface area contributed by atoms with Gasteiger partial charge in [0.05, 0.1) is 22.0 Å². The van der Waals surface area contributed by atoms with Gasteiger partial charge in [0.2, 0.25) is 0 Å². The van der Waals surface area contributed by atoms with Crippen molar-refractivity contribution in [2.24, 2.45) is 0 Å². The van der Waals surface area contributed by atoms with Crippen LogP contribution < -0.4 is 16.4 Å². The zero-order chi connectivity index (χ0) is 23.3. The minimum Gasteiger partial charge on any atom is -0.451 e. The zero-order valence-electron chi connectivity index (χ0n) is 16.2. The molecule has 0 aliphatic heterocycles. The summed E-state index contributed by atoms with van der Waals surface area (Å²) in [6.07, 6.45) is 0. The molecule has 0 aliphatic rings. The van der Waals surface area contributed by atoms with Gasteiger partial charge < -0.3 is 21.1 Å². The number of aromatic nitrogens is 1. The lowest BCUT2D eigenvalue weighted by atomic mass is 10.1. The van der Waals surface area contributed by atoms with Crippen molar-refractivity contribution < 1.29 is 19.1 Å². The second kappa shape index (κ2) is 10.3. The van der Waals surface area contributed by atoms with Gasteiger partial charge >= 0.3 is 5.97 Å². The van der Waals surface area contributed by atoms with E-state index in [1.807, 2.05) is 6.07 Å². The molecule has 0 spiro atoms. The van der Waals surface area contributed by atoms with Crippen LogP contribution in [0.3, 0.4) is 0 Å². The smallest absolute Gasteiger partial charge is 0.359 e. The van der Waals surface area contributed by atoms with Crippen LogP contribution in [0.15, 0.2) is 54.6 Å². The molecule has 0 fully saturated rings. The number of nitrogens with one attached hydrogen (secondary N) is 2. The summed E-state index contributed by atoms with van der Waals surface area (Å²) in [6, 6.07) is 15.2. The second-order valence-corrected chi connectivity index (χ2v) is 7.40. The number of esters is 1. The molecule has 0 saturated carbocycles. The molecule has 4 N–H and O–H groups in total. The monoisotopic (exact) mass is 492 g/mol. The highest BCUT2D eigenvalue weighted by Gasteiger charge is 2.22.